The molecule has 0 fully saturated rings. The fourth-order valence-electron chi connectivity index (χ4n) is 1.07. The van der Waals surface area contributed by atoms with Crippen molar-refractivity contribution in [1.82, 2.24) is 4.98 Å². The lowest BCUT2D eigenvalue weighted by Gasteiger charge is -1.98. The number of hydrogen-bond acceptors (Lipinski definition) is 2. The van der Waals surface area contributed by atoms with Crippen LogP contribution >= 0.6 is 0 Å². The van der Waals surface area contributed by atoms with Gasteiger partial charge in [-0.25, -0.2) is 0 Å². The van der Waals surface area contributed by atoms with Gasteiger partial charge in [-0.3, -0.25) is 9.78 Å². The van der Waals surface area contributed by atoms with Crippen molar-refractivity contribution in [3.05, 3.63) is 29.6 Å². The van der Waals surface area contributed by atoms with E-state index in [4.69, 9.17) is 0 Å². The van der Waals surface area contributed by atoms with Crippen molar-refractivity contribution in [2.45, 2.75) is 26.2 Å². The molecule has 0 bridgehead atoms. The maximum Gasteiger partial charge on any atom is 0.253 e. The average Bonchev–Trinajstić information content (AvgIpc) is 2.15. The average molecular weight is 162 g/mol. The molecule has 0 unspecified atom stereocenters. The topological polar surface area (TPSA) is 30.0 Å². The Balaban J connectivity index is 2.66. The molecule has 0 aliphatic carbocycles. The molecule has 1 aromatic rings. The maximum absolute atomic E-state index is 10.2. The van der Waals surface area contributed by atoms with Crippen molar-refractivity contribution < 1.29 is 4.79 Å². The van der Waals surface area contributed by atoms with Crippen molar-refractivity contribution >= 4 is 6.29 Å². The molecule has 0 saturated carbocycles. The fourth-order valence-corrected chi connectivity index (χ4v) is 1.07. The minimum absolute atomic E-state index is 0.406. The zero-order chi connectivity index (χ0) is 8.81. The second-order valence-corrected chi connectivity index (χ2v) is 2.75. The van der Waals surface area contributed by atoms with Gasteiger partial charge in [0.25, 0.3) is 6.29 Å². The van der Waals surface area contributed by atoms with Gasteiger partial charge in [-0.2, -0.15) is 0 Å². The summed E-state index contributed by atoms with van der Waals surface area (Å²) in [5, 5.41) is 0. The van der Waals surface area contributed by atoms with E-state index in [0.29, 0.717) is 5.69 Å². The van der Waals surface area contributed by atoms with E-state index >= 15 is 0 Å². The Morgan fingerprint density at radius 2 is 2.42 bits per heavy atom. The van der Waals surface area contributed by atoms with Gasteiger partial charge in [0, 0.05) is 6.20 Å². The van der Waals surface area contributed by atoms with Crippen LogP contribution in [0.4, 0.5) is 0 Å². The molecule has 0 atom stereocenters. The van der Waals surface area contributed by atoms with Crippen molar-refractivity contribution in [2.24, 2.45) is 0 Å². The van der Waals surface area contributed by atoms with E-state index in [2.05, 4.69) is 11.9 Å². The zero-order valence-electron chi connectivity index (χ0n) is 7.21. The molecule has 0 saturated heterocycles. The molecule has 0 aliphatic heterocycles. The van der Waals surface area contributed by atoms with Crippen LogP contribution in [0.5, 0.6) is 0 Å². The third-order valence-corrected chi connectivity index (χ3v) is 1.75. The van der Waals surface area contributed by atoms with Gasteiger partial charge in [-0.05, 0) is 30.5 Å². The predicted molar refractivity (Wildman–Crippen MR) is 47.6 cm³/mol. The first kappa shape index (κ1) is 8.91. The first-order chi connectivity index (χ1) is 5.86. The Hall–Kier alpha value is -1.18. The summed E-state index contributed by atoms with van der Waals surface area (Å²) in [6.07, 6.45) is 6.79. The number of aromatic nitrogens is 1. The van der Waals surface area contributed by atoms with E-state index in [-0.39, 0.29) is 0 Å². The monoisotopic (exact) mass is 162 g/mol. The van der Waals surface area contributed by atoms with Gasteiger partial charge in [-0.1, -0.05) is 13.3 Å². The van der Waals surface area contributed by atoms with Gasteiger partial charge in [0.05, 0.1) is 0 Å². The molecule has 0 aromatic carbocycles. The highest BCUT2D eigenvalue weighted by Gasteiger charge is 1.95. The molecule has 1 heterocycles. The van der Waals surface area contributed by atoms with Crippen molar-refractivity contribution in [2.75, 3.05) is 0 Å². The highest BCUT2D eigenvalue weighted by molar-refractivity contribution is 5.72. The van der Waals surface area contributed by atoms with Gasteiger partial charge in [0.15, 0.2) is 0 Å². The van der Waals surface area contributed by atoms with E-state index in [9.17, 15) is 4.79 Å². The van der Waals surface area contributed by atoms with Crippen molar-refractivity contribution in [3.8, 4) is 0 Å². The molecule has 2 heteroatoms. The second-order valence-electron chi connectivity index (χ2n) is 2.75. The normalized spacial score (nSPS) is 9.75. The molecular formula is C10H12NO. The number of carbonyl (C=O) groups excluding carboxylic acids is 1. The maximum atomic E-state index is 10.2. The summed E-state index contributed by atoms with van der Waals surface area (Å²) in [5.41, 5.74) is 1.58. The quantitative estimate of drug-likeness (QED) is 0.676. The zero-order valence-corrected chi connectivity index (χ0v) is 7.21. The minimum atomic E-state index is 0.406. The van der Waals surface area contributed by atoms with E-state index in [0.717, 1.165) is 12.8 Å². The third-order valence-electron chi connectivity index (χ3n) is 1.75. The second kappa shape index (κ2) is 4.65. The summed E-state index contributed by atoms with van der Waals surface area (Å²) < 4.78 is 0. The first-order valence-electron chi connectivity index (χ1n) is 4.20. The Kier molecular flexibility index (Phi) is 3.45. The van der Waals surface area contributed by atoms with Crippen LogP contribution in [-0.2, 0) is 11.2 Å². The van der Waals surface area contributed by atoms with E-state index in [1.807, 2.05) is 6.07 Å². The SMILES string of the molecule is CCCCc1ccnc([C]=O)c1. The Morgan fingerprint density at radius 3 is 3.08 bits per heavy atom. The molecule has 0 N–H and O–H groups in total. The van der Waals surface area contributed by atoms with Gasteiger partial charge < -0.3 is 0 Å². The van der Waals surface area contributed by atoms with Gasteiger partial charge in [-0.15, -0.1) is 0 Å². The largest absolute Gasteiger partial charge is 0.283 e. The number of rotatable bonds is 4. The molecule has 1 aromatic heterocycles. The summed E-state index contributed by atoms with van der Waals surface area (Å²) in [5.74, 6) is 0. The highest BCUT2D eigenvalue weighted by atomic mass is 16.1. The Labute approximate surface area is 72.6 Å². The fraction of sp³-hybridized carbons (Fsp3) is 0.400. The lowest BCUT2D eigenvalue weighted by molar-refractivity contribution is 0.561. The molecule has 63 valence electrons. The molecule has 1 rings (SSSR count). The number of unbranched alkanes of at least 4 members (excludes halogenated alkanes) is 1. The van der Waals surface area contributed by atoms with Crippen molar-refractivity contribution in [1.29, 1.82) is 0 Å². The van der Waals surface area contributed by atoms with Crippen molar-refractivity contribution in [3.63, 3.8) is 0 Å². The molecule has 12 heavy (non-hydrogen) atoms. The van der Waals surface area contributed by atoms with Gasteiger partial charge >= 0.3 is 0 Å². The van der Waals surface area contributed by atoms with Crippen LogP contribution in [0.25, 0.3) is 0 Å². The van der Waals surface area contributed by atoms with E-state index in [1.54, 1.807) is 18.5 Å². The summed E-state index contributed by atoms with van der Waals surface area (Å²) in [7, 11) is 0. The summed E-state index contributed by atoms with van der Waals surface area (Å²) in [4.78, 5) is 14.1. The molecule has 1 radical (unpaired) electrons. The standard InChI is InChI=1S/C10H12NO/c1-2-3-4-9-5-6-11-10(7-9)8-12/h5-7H,2-4H2,1H3. The van der Waals surface area contributed by atoms with E-state index in [1.165, 1.54) is 12.0 Å². The summed E-state index contributed by atoms with van der Waals surface area (Å²) in [6.45, 7) is 2.15. The predicted octanol–water partition coefficient (Wildman–Crippen LogP) is 1.88. The summed E-state index contributed by atoms with van der Waals surface area (Å²) in [6, 6.07) is 3.74. The molecule has 0 aliphatic rings. The van der Waals surface area contributed by atoms with Crippen LogP contribution in [0.3, 0.4) is 0 Å². The molecular weight excluding hydrogens is 150 g/mol. The van der Waals surface area contributed by atoms with Crippen LogP contribution in [0, 0.1) is 0 Å². The number of nitrogens with zero attached hydrogens (tertiary/aromatic N) is 1. The minimum Gasteiger partial charge on any atom is -0.283 e. The van der Waals surface area contributed by atoms with Crippen LogP contribution in [0.1, 0.15) is 31.0 Å². The number of pyridine rings is 1. The van der Waals surface area contributed by atoms with Crippen LogP contribution in [-0.4, -0.2) is 11.3 Å². The van der Waals surface area contributed by atoms with Crippen LogP contribution in [0.2, 0.25) is 0 Å². The lowest BCUT2D eigenvalue weighted by atomic mass is 10.1. The first-order valence-corrected chi connectivity index (χ1v) is 4.20. The number of hydrogen-bond donors (Lipinski definition) is 0. The van der Waals surface area contributed by atoms with Gasteiger partial charge in [0.1, 0.15) is 5.69 Å². The van der Waals surface area contributed by atoms with Crippen LogP contribution in [0.15, 0.2) is 18.3 Å². The Morgan fingerprint density at radius 1 is 1.58 bits per heavy atom. The molecule has 0 amide bonds. The molecule has 2 nitrogen and oxygen atoms in total. The smallest absolute Gasteiger partial charge is 0.253 e. The van der Waals surface area contributed by atoms with Crippen LogP contribution < -0.4 is 0 Å². The third kappa shape index (κ3) is 2.46. The lowest BCUT2D eigenvalue weighted by Crippen LogP contribution is -1.90. The molecule has 0 spiro atoms. The van der Waals surface area contributed by atoms with E-state index < -0.39 is 0 Å². The number of aryl methyl sites for hydroxylation is 1. The van der Waals surface area contributed by atoms with Gasteiger partial charge in [0.2, 0.25) is 0 Å². The highest BCUT2D eigenvalue weighted by Crippen LogP contribution is 2.04. The Bertz CT molecular complexity index is 258. The summed E-state index contributed by atoms with van der Waals surface area (Å²) >= 11 is 0.